The van der Waals surface area contributed by atoms with Crippen LogP contribution in [0, 0.1) is 0 Å². The summed E-state index contributed by atoms with van der Waals surface area (Å²) in [6.45, 7) is 1.90. The number of carbonyl (C=O) groups is 1. The number of carbonyl (C=O) groups excluding carboxylic acids is 1. The maximum atomic E-state index is 12.9. The molecule has 0 radical (unpaired) electrons. The monoisotopic (exact) mass is 536 g/mol. The summed E-state index contributed by atoms with van der Waals surface area (Å²) in [6, 6.07) is 16.3. The maximum absolute atomic E-state index is 12.9. The van der Waals surface area contributed by atoms with Gasteiger partial charge in [-0.3, -0.25) is 9.10 Å². The van der Waals surface area contributed by atoms with Gasteiger partial charge in [0, 0.05) is 21.2 Å². The molecule has 0 heterocycles. The summed E-state index contributed by atoms with van der Waals surface area (Å²) in [5.41, 5.74) is 2.25. The Morgan fingerprint density at radius 3 is 2.14 bits per heavy atom. The van der Waals surface area contributed by atoms with Crippen LogP contribution in [-0.4, -0.2) is 34.8 Å². The zero-order valence-electron chi connectivity index (χ0n) is 19.7. The molecule has 0 spiro atoms. The highest BCUT2D eigenvalue weighted by atomic mass is 35.5. The fraction of sp³-hybridized carbons (Fsp3) is 0.240. The van der Waals surface area contributed by atoms with Gasteiger partial charge in [-0.2, -0.15) is 0 Å². The van der Waals surface area contributed by atoms with Gasteiger partial charge in [-0.1, -0.05) is 35.3 Å². The molecule has 0 bridgehead atoms. The highest BCUT2D eigenvalue weighted by Gasteiger charge is 2.20. The van der Waals surface area contributed by atoms with Gasteiger partial charge in [-0.15, -0.1) is 0 Å². The molecular formula is C25H26Cl2N2O5S. The first kappa shape index (κ1) is 26.7. The van der Waals surface area contributed by atoms with E-state index in [1.54, 1.807) is 50.6 Å². The van der Waals surface area contributed by atoms with Crippen LogP contribution in [0.3, 0.4) is 0 Å². The molecule has 1 amide bonds. The molecule has 0 aliphatic carbocycles. The summed E-state index contributed by atoms with van der Waals surface area (Å²) >= 11 is 12.1. The molecule has 0 aliphatic heterocycles. The third kappa shape index (κ3) is 6.81. The summed E-state index contributed by atoms with van der Waals surface area (Å²) in [7, 11) is -0.484. The quantitative estimate of drug-likeness (QED) is 0.392. The predicted molar refractivity (Wildman–Crippen MR) is 139 cm³/mol. The number of hydrogen-bond acceptors (Lipinski definition) is 5. The summed E-state index contributed by atoms with van der Waals surface area (Å²) in [4.78, 5) is 12.9. The van der Waals surface area contributed by atoms with Gasteiger partial charge in [-0.05, 0) is 61.0 Å². The first-order chi connectivity index (χ1) is 16.5. The van der Waals surface area contributed by atoms with Crippen molar-refractivity contribution >= 4 is 44.8 Å². The van der Waals surface area contributed by atoms with E-state index in [4.69, 9.17) is 32.7 Å². The van der Waals surface area contributed by atoms with Crippen LogP contribution < -0.4 is 19.1 Å². The van der Waals surface area contributed by atoms with E-state index < -0.39 is 10.0 Å². The number of benzene rings is 3. The number of sulfonamides is 1. The minimum atomic E-state index is -3.62. The lowest BCUT2D eigenvalue weighted by atomic mass is 10.1. The molecule has 1 atom stereocenters. The van der Waals surface area contributed by atoms with Crippen molar-refractivity contribution in [2.45, 2.75) is 19.5 Å². The lowest BCUT2D eigenvalue weighted by Crippen LogP contribution is -2.29. The molecule has 7 nitrogen and oxygen atoms in total. The zero-order valence-corrected chi connectivity index (χ0v) is 22.0. The van der Waals surface area contributed by atoms with Gasteiger partial charge in [0.1, 0.15) is 11.5 Å². The van der Waals surface area contributed by atoms with Crippen LogP contribution in [0.2, 0.25) is 10.0 Å². The van der Waals surface area contributed by atoms with E-state index in [1.807, 2.05) is 13.0 Å². The molecule has 0 saturated carbocycles. The van der Waals surface area contributed by atoms with Crippen LogP contribution in [0.25, 0.3) is 0 Å². The van der Waals surface area contributed by atoms with Crippen LogP contribution in [0.15, 0.2) is 60.7 Å². The Kier molecular flexibility index (Phi) is 8.53. The third-order valence-electron chi connectivity index (χ3n) is 5.33. The Hall–Kier alpha value is -2.94. The molecule has 0 aliphatic rings. The van der Waals surface area contributed by atoms with Gasteiger partial charge >= 0.3 is 0 Å². The van der Waals surface area contributed by atoms with E-state index in [0.717, 1.165) is 11.8 Å². The summed E-state index contributed by atoms with van der Waals surface area (Å²) in [5, 5.41) is 3.61. The number of methoxy groups -OCH3 is 2. The van der Waals surface area contributed by atoms with Gasteiger partial charge in [0.05, 0.1) is 38.7 Å². The molecule has 10 heteroatoms. The summed E-state index contributed by atoms with van der Waals surface area (Å²) in [5.74, 6) is 1.01. The van der Waals surface area contributed by atoms with Gasteiger partial charge in [0.15, 0.2) is 0 Å². The third-order valence-corrected chi connectivity index (χ3v) is 6.91. The molecule has 3 aromatic carbocycles. The van der Waals surface area contributed by atoms with Crippen molar-refractivity contribution in [2.24, 2.45) is 0 Å². The number of nitrogens with zero attached hydrogens (tertiary/aromatic N) is 1. The standard InChI is InChI=1S/C25H26Cl2N2O5S/c1-16(23-14-22(33-2)9-10-24(23)34-3)28-25(30)18-7-5-17(6-8-18)15-29(35(4,31)32)21-12-19(26)11-20(27)13-21/h5-14,16H,15H2,1-4H3,(H,28,30). The number of nitrogens with one attached hydrogen (secondary N) is 1. The van der Waals surface area contributed by atoms with Crippen molar-refractivity contribution in [3.63, 3.8) is 0 Å². The Morgan fingerprint density at radius 2 is 1.60 bits per heavy atom. The van der Waals surface area contributed by atoms with Gasteiger partial charge in [0.25, 0.3) is 5.91 Å². The van der Waals surface area contributed by atoms with E-state index in [2.05, 4.69) is 5.32 Å². The van der Waals surface area contributed by atoms with Crippen molar-refractivity contribution < 1.29 is 22.7 Å². The molecule has 0 aromatic heterocycles. The summed E-state index contributed by atoms with van der Waals surface area (Å²) in [6.07, 6.45) is 1.11. The number of ether oxygens (including phenoxy) is 2. The number of rotatable bonds is 9. The lowest BCUT2D eigenvalue weighted by molar-refractivity contribution is 0.0939. The van der Waals surface area contributed by atoms with Gasteiger partial charge < -0.3 is 14.8 Å². The van der Waals surface area contributed by atoms with Crippen LogP contribution >= 0.6 is 23.2 Å². The van der Waals surface area contributed by atoms with Crippen molar-refractivity contribution in [3.8, 4) is 11.5 Å². The topological polar surface area (TPSA) is 84.9 Å². The SMILES string of the molecule is COc1ccc(OC)c(C(C)NC(=O)c2ccc(CN(c3cc(Cl)cc(Cl)c3)S(C)(=O)=O)cc2)c1. The first-order valence-corrected chi connectivity index (χ1v) is 13.2. The Morgan fingerprint density at radius 1 is 0.971 bits per heavy atom. The first-order valence-electron chi connectivity index (χ1n) is 10.6. The average molecular weight is 537 g/mol. The van der Waals surface area contributed by atoms with Crippen molar-refractivity contribution in [1.29, 1.82) is 0 Å². The normalized spacial score (nSPS) is 12.1. The lowest BCUT2D eigenvalue weighted by Gasteiger charge is -2.23. The molecule has 0 saturated heterocycles. The Labute approximate surface area is 215 Å². The van der Waals surface area contributed by atoms with E-state index in [1.165, 1.54) is 22.5 Å². The van der Waals surface area contributed by atoms with Crippen LogP contribution in [0.1, 0.15) is 34.5 Å². The number of anilines is 1. The van der Waals surface area contributed by atoms with Gasteiger partial charge in [0.2, 0.25) is 10.0 Å². The molecular weight excluding hydrogens is 511 g/mol. The predicted octanol–water partition coefficient (Wildman–Crippen LogP) is 5.47. The Balaban J connectivity index is 1.77. The summed E-state index contributed by atoms with van der Waals surface area (Å²) < 4.78 is 36.8. The smallest absolute Gasteiger partial charge is 0.251 e. The maximum Gasteiger partial charge on any atom is 0.251 e. The highest BCUT2D eigenvalue weighted by molar-refractivity contribution is 7.92. The second-order valence-corrected chi connectivity index (χ2v) is 10.7. The van der Waals surface area contributed by atoms with Crippen molar-refractivity contribution in [2.75, 3.05) is 24.8 Å². The van der Waals surface area contributed by atoms with Crippen LogP contribution in [0.5, 0.6) is 11.5 Å². The number of hydrogen-bond donors (Lipinski definition) is 1. The highest BCUT2D eigenvalue weighted by Crippen LogP contribution is 2.30. The van der Waals surface area contributed by atoms with Gasteiger partial charge in [-0.25, -0.2) is 8.42 Å². The fourth-order valence-corrected chi connectivity index (χ4v) is 4.93. The second kappa shape index (κ2) is 11.2. The minimum Gasteiger partial charge on any atom is -0.497 e. The zero-order chi connectivity index (χ0) is 25.8. The van der Waals surface area contributed by atoms with E-state index in [0.29, 0.717) is 38.4 Å². The molecule has 1 unspecified atom stereocenters. The van der Waals surface area contributed by atoms with E-state index in [9.17, 15) is 13.2 Å². The van der Waals surface area contributed by atoms with Crippen molar-refractivity contribution in [3.05, 3.63) is 87.4 Å². The Bertz CT molecular complexity index is 1290. The fourth-order valence-electron chi connectivity index (χ4n) is 3.55. The average Bonchev–Trinajstić information content (AvgIpc) is 2.80. The molecule has 3 aromatic rings. The molecule has 186 valence electrons. The van der Waals surface area contributed by atoms with Crippen molar-refractivity contribution in [1.82, 2.24) is 5.32 Å². The van der Waals surface area contributed by atoms with E-state index >= 15 is 0 Å². The van der Waals surface area contributed by atoms with Crippen LogP contribution in [0.4, 0.5) is 5.69 Å². The largest absolute Gasteiger partial charge is 0.497 e. The van der Waals surface area contributed by atoms with Crippen LogP contribution in [-0.2, 0) is 16.6 Å². The molecule has 0 fully saturated rings. The molecule has 35 heavy (non-hydrogen) atoms. The molecule has 3 rings (SSSR count). The minimum absolute atomic E-state index is 0.0504. The number of halogens is 2. The second-order valence-electron chi connectivity index (χ2n) is 7.90. The van der Waals surface area contributed by atoms with E-state index in [-0.39, 0.29) is 18.5 Å². The molecule has 1 N–H and O–H groups in total. The number of amides is 1.